The van der Waals surface area contributed by atoms with E-state index in [1.54, 1.807) is 17.9 Å². The van der Waals surface area contributed by atoms with E-state index in [9.17, 15) is 4.79 Å². The molecule has 0 aromatic carbocycles. The van der Waals surface area contributed by atoms with Gasteiger partial charge in [-0.1, -0.05) is 0 Å². The van der Waals surface area contributed by atoms with Crippen molar-refractivity contribution in [1.82, 2.24) is 20.1 Å². The van der Waals surface area contributed by atoms with Crippen LogP contribution in [-0.4, -0.2) is 40.9 Å². The maximum Gasteiger partial charge on any atom is 0.252 e. The maximum absolute atomic E-state index is 12.2. The van der Waals surface area contributed by atoms with Crippen molar-refractivity contribution < 1.29 is 9.53 Å². The third-order valence-corrected chi connectivity index (χ3v) is 2.93. The Hall–Kier alpha value is -1.95. The van der Waals surface area contributed by atoms with Crippen LogP contribution in [0.3, 0.4) is 0 Å². The summed E-state index contributed by atoms with van der Waals surface area (Å²) >= 11 is 0. The summed E-state index contributed by atoms with van der Waals surface area (Å²) < 4.78 is 6.62. The molecule has 0 saturated carbocycles. The van der Waals surface area contributed by atoms with Gasteiger partial charge in [-0.3, -0.25) is 9.48 Å². The Balaban J connectivity index is 2.44. The molecule has 19 heavy (non-hydrogen) atoms. The molecule has 0 unspecified atom stereocenters. The Morgan fingerprint density at radius 1 is 1.47 bits per heavy atom. The van der Waals surface area contributed by atoms with Crippen LogP contribution < -0.4 is 5.32 Å². The molecule has 0 atom stereocenters. The van der Waals surface area contributed by atoms with Crippen molar-refractivity contribution in [3.8, 4) is 0 Å². The molecule has 2 aromatic rings. The van der Waals surface area contributed by atoms with Gasteiger partial charge in [0, 0.05) is 26.4 Å². The van der Waals surface area contributed by atoms with Gasteiger partial charge >= 0.3 is 0 Å². The predicted octanol–water partition coefficient (Wildman–Crippen LogP) is 0.961. The zero-order chi connectivity index (χ0) is 14.0. The predicted molar refractivity (Wildman–Crippen MR) is 72.2 cm³/mol. The first-order valence-electron chi connectivity index (χ1n) is 6.12. The summed E-state index contributed by atoms with van der Waals surface area (Å²) in [6.45, 7) is 4.72. The van der Waals surface area contributed by atoms with Crippen molar-refractivity contribution in [2.24, 2.45) is 7.05 Å². The van der Waals surface area contributed by atoms with Crippen LogP contribution >= 0.6 is 0 Å². The number of carbonyl (C=O) groups is 1. The number of pyridine rings is 1. The molecular weight excluding hydrogens is 244 g/mol. The van der Waals surface area contributed by atoms with Crippen LogP contribution in [0.15, 0.2) is 6.07 Å². The minimum atomic E-state index is -0.122. The molecule has 1 amide bonds. The van der Waals surface area contributed by atoms with E-state index in [0.717, 1.165) is 22.4 Å². The molecule has 0 aliphatic carbocycles. The van der Waals surface area contributed by atoms with Gasteiger partial charge in [-0.15, -0.1) is 0 Å². The van der Waals surface area contributed by atoms with Crippen LogP contribution in [0, 0.1) is 13.8 Å². The van der Waals surface area contributed by atoms with E-state index in [-0.39, 0.29) is 5.91 Å². The van der Waals surface area contributed by atoms with Gasteiger partial charge in [0.1, 0.15) is 0 Å². The molecule has 2 rings (SSSR count). The third kappa shape index (κ3) is 2.58. The number of ether oxygens (including phenoxy) is 1. The first kappa shape index (κ1) is 13.5. The van der Waals surface area contributed by atoms with Gasteiger partial charge in [-0.05, 0) is 19.9 Å². The van der Waals surface area contributed by atoms with Crippen molar-refractivity contribution in [1.29, 1.82) is 0 Å². The van der Waals surface area contributed by atoms with E-state index in [0.29, 0.717) is 18.7 Å². The monoisotopic (exact) mass is 262 g/mol. The molecule has 0 fully saturated rings. The van der Waals surface area contributed by atoms with Crippen LogP contribution in [0.4, 0.5) is 0 Å². The number of aryl methyl sites for hydroxylation is 3. The second kappa shape index (κ2) is 5.36. The number of carbonyl (C=O) groups excluding carboxylic acids is 1. The lowest BCUT2D eigenvalue weighted by molar-refractivity contribution is 0.0938. The summed E-state index contributed by atoms with van der Waals surface area (Å²) in [4.78, 5) is 16.6. The molecule has 2 heterocycles. The molecule has 2 aromatic heterocycles. The van der Waals surface area contributed by atoms with Crippen LogP contribution in [0.25, 0.3) is 11.0 Å². The molecule has 0 aliphatic heterocycles. The molecule has 0 saturated heterocycles. The van der Waals surface area contributed by atoms with Crippen LogP contribution in [-0.2, 0) is 11.8 Å². The number of hydrogen-bond acceptors (Lipinski definition) is 4. The maximum atomic E-state index is 12.2. The number of aromatic nitrogens is 3. The van der Waals surface area contributed by atoms with Crippen molar-refractivity contribution in [3.05, 3.63) is 23.0 Å². The molecule has 6 heteroatoms. The van der Waals surface area contributed by atoms with Crippen molar-refractivity contribution in [3.63, 3.8) is 0 Å². The van der Waals surface area contributed by atoms with E-state index in [1.807, 2.05) is 20.9 Å². The van der Waals surface area contributed by atoms with Gasteiger partial charge in [0.25, 0.3) is 5.91 Å². The van der Waals surface area contributed by atoms with Gasteiger partial charge in [0.15, 0.2) is 5.65 Å². The van der Waals surface area contributed by atoms with Crippen LogP contribution in [0.2, 0.25) is 0 Å². The number of hydrogen-bond donors (Lipinski definition) is 1. The van der Waals surface area contributed by atoms with E-state index in [4.69, 9.17) is 4.74 Å². The molecule has 0 radical (unpaired) electrons. The van der Waals surface area contributed by atoms with E-state index < -0.39 is 0 Å². The minimum Gasteiger partial charge on any atom is -0.383 e. The number of nitrogens with zero attached hydrogens (tertiary/aromatic N) is 3. The largest absolute Gasteiger partial charge is 0.383 e. The van der Waals surface area contributed by atoms with Crippen molar-refractivity contribution in [2.45, 2.75) is 13.8 Å². The molecule has 0 spiro atoms. The Labute approximate surface area is 111 Å². The number of methoxy groups -OCH3 is 1. The van der Waals surface area contributed by atoms with Crippen LogP contribution in [0.1, 0.15) is 21.7 Å². The zero-order valence-corrected chi connectivity index (χ0v) is 11.6. The lowest BCUT2D eigenvalue weighted by Gasteiger charge is -2.07. The summed E-state index contributed by atoms with van der Waals surface area (Å²) in [6, 6.07) is 1.79. The smallest absolute Gasteiger partial charge is 0.252 e. The van der Waals surface area contributed by atoms with E-state index in [2.05, 4.69) is 15.4 Å². The fourth-order valence-corrected chi connectivity index (χ4v) is 2.11. The van der Waals surface area contributed by atoms with Gasteiger partial charge in [-0.25, -0.2) is 4.98 Å². The topological polar surface area (TPSA) is 69.0 Å². The van der Waals surface area contributed by atoms with Crippen LogP contribution in [0.5, 0.6) is 0 Å². The summed E-state index contributed by atoms with van der Waals surface area (Å²) in [7, 11) is 3.43. The molecule has 6 nitrogen and oxygen atoms in total. The lowest BCUT2D eigenvalue weighted by atomic mass is 10.1. The lowest BCUT2D eigenvalue weighted by Crippen LogP contribution is -2.27. The van der Waals surface area contributed by atoms with Gasteiger partial charge in [0.2, 0.25) is 0 Å². The quantitative estimate of drug-likeness (QED) is 0.833. The Morgan fingerprint density at radius 3 is 2.89 bits per heavy atom. The molecular formula is C13H18N4O2. The Kier molecular flexibility index (Phi) is 3.80. The number of nitrogens with one attached hydrogen (secondary N) is 1. The van der Waals surface area contributed by atoms with Gasteiger partial charge in [-0.2, -0.15) is 5.10 Å². The second-order valence-electron chi connectivity index (χ2n) is 4.47. The van der Waals surface area contributed by atoms with Gasteiger partial charge in [0.05, 0.1) is 23.3 Å². The summed E-state index contributed by atoms with van der Waals surface area (Å²) in [5.41, 5.74) is 2.95. The summed E-state index contributed by atoms with van der Waals surface area (Å²) in [6.07, 6.45) is 0. The van der Waals surface area contributed by atoms with E-state index >= 15 is 0 Å². The summed E-state index contributed by atoms with van der Waals surface area (Å²) in [5, 5.41) is 7.96. The Bertz CT molecular complexity index is 619. The number of fused-ring (bicyclic) bond motifs is 1. The number of rotatable bonds is 4. The fourth-order valence-electron chi connectivity index (χ4n) is 2.11. The summed E-state index contributed by atoms with van der Waals surface area (Å²) in [5.74, 6) is -0.122. The zero-order valence-electron chi connectivity index (χ0n) is 11.6. The van der Waals surface area contributed by atoms with Crippen molar-refractivity contribution in [2.75, 3.05) is 20.3 Å². The standard InChI is InChI=1S/C13H18N4O2/c1-8-7-10(13(18)14-5-6-19-4)11-9(2)16-17(3)12(11)15-8/h7H,5-6H2,1-4H3,(H,14,18). The second-order valence-corrected chi connectivity index (χ2v) is 4.47. The molecule has 0 aliphatic rings. The van der Waals surface area contributed by atoms with Crippen molar-refractivity contribution >= 4 is 16.9 Å². The average molecular weight is 262 g/mol. The molecule has 1 N–H and O–H groups in total. The Morgan fingerprint density at radius 2 is 2.21 bits per heavy atom. The first-order chi connectivity index (χ1) is 9.04. The van der Waals surface area contributed by atoms with E-state index in [1.165, 1.54) is 0 Å². The first-order valence-corrected chi connectivity index (χ1v) is 6.12. The van der Waals surface area contributed by atoms with Gasteiger partial charge < -0.3 is 10.1 Å². The highest BCUT2D eigenvalue weighted by Crippen LogP contribution is 2.21. The normalized spacial score (nSPS) is 10.9. The highest BCUT2D eigenvalue weighted by Gasteiger charge is 2.17. The molecule has 102 valence electrons. The number of amides is 1. The minimum absolute atomic E-state index is 0.122. The SMILES string of the molecule is COCCNC(=O)c1cc(C)nc2c1c(C)nn2C. The molecule has 0 bridgehead atoms. The highest BCUT2D eigenvalue weighted by atomic mass is 16.5. The fraction of sp³-hybridized carbons (Fsp3) is 0.462. The third-order valence-electron chi connectivity index (χ3n) is 2.93. The highest BCUT2D eigenvalue weighted by molar-refractivity contribution is 6.06. The average Bonchev–Trinajstić information content (AvgIpc) is 2.64.